The maximum atomic E-state index is 10.7. The Morgan fingerprint density at radius 2 is 1.90 bits per heavy atom. The highest BCUT2D eigenvalue weighted by atomic mass is 16.5. The summed E-state index contributed by atoms with van der Waals surface area (Å²) < 4.78 is 5.04. The summed E-state index contributed by atoms with van der Waals surface area (Å²) in [6, 6.07) is 11.7. The lowest BCUT2D eigenvalue weighted by Gasteiger charge is -2.10. The average Bonchev–Trinajstić information content (AvgIpc) is 2.46. The highest BCUT2D eigenvalue weighted by molar-refractivity contribution is 5.87. The fraction of sp³-hybridized carbons (Fsp3) is 0.133. The molecule has 0 heterocycles. The number of phenols is 1. The van der Waals surface area contributed by atoms with Crippen LogP contribution in [0.15, 0.2) is 42.5 Å². The van der Waals surface area contributed by atoms with E-state index in [0.717, 1.165) is 5.69 Å². The highest BCUT2D eigenvalue weighted by Gasteiger charge is 2.07. The van der Waals surface area contributed by atoms with Crippen LogP contribution in [0.5, 0.6) is 11.5 Å². The van der Waals surface area contributed by atoms with Gasteiger partial charge in [0.2, 0.25) is 0 Å². The molecule has 0 aliphatic carbocycles. The van der Waals surface area contributed by atoms with Crippen LogP contribution < -0.4 is 10.1 Å². The first-order valence-corrected chi connectivity index (χ1v) is 6.04. The molecule has 5 nitrogen and oxygen atoms in total. The number of anilines is 1. The molecule has 20 heavy (non-hydrogen) atoms. The van der Waals surface area contributed by atoms with Crippen LogP contribution in [0.25, 0.3) is 0 Å². The third-order valence-corrected chi connectivity index (χ3v) is 2.92. The van der Waals surface area contributed by atoms with Crippen molar-refractivity contribution in [1.82, 2.24) is 0 Å². The standard InChI is InChI=1S/C15H15NO4/c1-20-13-4-2-3-11(14(13)17)9-16-12-7-5-10(6-8-12)15(18)19/h2-8,16-17H,9H2,1H3,(H,18,19). The van der Waals surface area contributed by atoms with E-state index in [0.29, 0.717) is 17.9 Å². The van der Waals surface area contributed by atoms with Gasteiger partial charge in [-0.1, -0.05) is 12.1 Å². The highest BCUT2D eigenvalue weighted by Crippen LogP contribution is 2.29. The van der Waals surface area contributed by atoms with Gasteiger partial charge in [-0.05, 0) is 30.3 Å². The Labute approximate surface area is 116 Å². The second-order valence-corrected chi connectivity index (χ2v) is 4.20. The van der Waals surface area contributed by atoms with Crippen LogP contribution >= 0.6 is 0 Å². The number of para-hydroxylation sites is 1. The van der Waals surface area contributed by atoms with Crippen molar-refractivity contribution in [3.8, 4) is 11.5 Å². The lowest BCUT2D eigenvalue weighted by atomic mass is 10.1. The van der Waals surface area contributed by atoms with Gasteiger partial charge in [-0.2, -0.15) is 0 Å². The Bertz CT molecular complexity index is 608. The number of methoxy groups -OCH3 is 1. The van der Waals surface area contributed by atoms with E-state index < -0.39 is 5.97 Å². The first-order valence-electron chi connectivity index (χ1n) is 6.04. The van der Waals surface area contributed by atoms with Crippen molar-refractivity contribution in [2.75, 3.05) is 12.4 Å². The Morgan fingerprint density at radius 1 is 1.20 bits per heavy atom. The van der Waals surface area contributed by atoms with Crippen molar-refractivity contribution >= 4 is 11.7 Å². The van der Waals surface area contributed by atoms with Crippen LogP contribution in [0.1, 0.15) is 15.9 Å². The summed E-state index contributed by atoms with van der Waals surface area (Å²) in [6.45, 7) is 0.412. The molecule has 0 fully saturated rings. The number of rotatable bonds is 5. The van der Waals surface area contributed by atoms with Gasteiger partial charge in [0.15, 0.2) is 11.5 Å². The minimum Gasteiger partial charge on any atom is -0.504 e. The zero-order valence-corrected chi connectivity index (χ0v) is 11.0. The zero-order chi connectivity index (χ0) is 14.5. The number of phenolic OH excluding ortho intramolecular Hbond substituents is 1. The van der Waals surface area contributed by atoms with Crippen LogP contribution in [-0.2, 0) is 6.54 Å². The van der Waals surface area contributed by atoms with E-state index in [1.54, 1.807) is 30.3 Å². The number of hydrogen-bond acceptors (Lipinski definition) is 4. The van der Waals surface area contributed by atoms with E-state index in [-0.39, 0.29) is 11.3 Å². The van der Waals surface area contributed by atoms with E-state index in [1.807, 2.05) is 0 Å². The molecular weight excluding hydrogens is 258 g/mol. The van der Waals surface area contributed by atoms with Gasteiger partial charge in [0.05, 0.1) is 12.7 Å². The molecule has 2 aromatic carbocycles. The summed E-state index contributed by atoms with van der Waals surface area (Å²) in [6.07, 6.45) is 0. The van der Waals surface area contributed by atoms with Crippen molar-refractivity contribution < 1.29 is 19.7 Å². The summed E-state index contributed by atoms with van der Waals surface area (Å²) in [4.78, 5) is 10.7. The third kappa shape index (κ3) is 3.00. The predicted octanol–water partition coefficient (Wildman–Crippen LogP) is 2.71. The second kappa shape index (κ2) is 5.97. The van der Waals surface area contributed by atoms with Gasteiger partial charge in [0, 0.05) is 17.8 Å². The molecule has 0 amide bonds. The van der Waals surface area contributed by atoms with Crippen molar-refractivity contribution in [3.05, 3.63) is 53.6 Å². The number of carbonyl (C=O) groups is 1. The first kappa shape index (κ1) is 13.7. The molecule has 0 bridgehead atoms. The van der Waals surface area contributed by atoms with Crippen LogP contribution in [0.2, 0.25) is 0 Å². The molecule has 3 N–H and O–H groups in total. The second-order valence-electron chi connectivity index (χ2n) is 4.20. The summed E-state index contributed by atoms with van der Waals surface area (Å²) in [7, 11) is 1.50. The lowest BCUT2D eigenvalue weighted by molar-refractivity contribution is 0.0697. The van der Waals surface area contributed by atoms with Gasteiger partial charge in [-0.3, -0.25) is 0 Å². The van der Waals surface area contributed by atoms with E-state index in [9.17, 15) is 9.90 Å². The Morgan fingerprint density at radius 3 is 2.50 bits per heavy atom. The fourth-order valence-electron chi connectivity index (χ4n) is 1.80. The molecular formula is C15H15NO4. The van der Waals surface area contributed by atoms with Gasteiger partial charge in [-0.25, -0.2) is 4.79 Å². The van der Waals surface area contributed by atoms with Gasteiger partial charge in [0.25, 0.3) is 0 Å². The molecule has 0 aliphatic heterocycles. The quantitative estimate of drug-likeness (QED) is 0.780. The van der Waals surface area contributed by atoms with E-state index in [2.05, 4.69) is 5.32 Å². The molecule has 0 saturated carbocycles. The molecule has 0 aromatic heterocycles. The minimum absolute atomic E-state index is 0.102. The first-order chi connectivity index (χ1) is 9.61. The smallest absolute Gasteiger partial charge is 0.335 e. The monoisotopic (exact) mass is 273 g/mol. The molecule has 0 radical (unpaired) electrons. The van der Waals surface area contributed by atoms with Crippen molar-refractivity contribution in [2.45, 2.75) is 6.54 Å². The largest absolute Gasteiger partial charge is 0.504 e. The molecule has 0 aliphatic rings. The fourth-order valence-corrected chi connectivity index (χ4v) is 1.80. The lowest BCUT2D eigenvalue weighted by Crippen LogP contribution is -2.01. The SMILES string of the molecule is COc1cccc(CNc2ccc(C(=O)O)cc2)c1O. The maximum absolute atomic E-state index is 10.7. The summed E-state index contributed by atoms with van der Waals surface area (Å²) in [5.41, 5.74) is 1.71. The molecule has 2 aromatic rings. The molecule has 0 unspecified atom stereocenters. The number of benzene rings is 2. The topological polar surface area (TPSA) is 78.8 Å². The number of ether oxygens (including phenoxy) is 1. The molecule has 5 heteroatoms. The average molecular weight is 273 g/mol. The molecule has 0 atom stereocenters. The van der Waals surface area contributed by atoms with E-state index in [1.165, 1.54) is 19.2 Å². The van der Waals surface area contributed by atoms with Crippen molar-refractivity contribution in [3.63, 3.8) is 0 Å². The minimum atomic E-state index is -0.956. The predicted molar refractivity (Wildman–Crippen MR) is 75.4 cm³/mol. The third-order valence-electron chi connectivity index (χ3n) is 2.92. The van der Waals surface area contributed by atoms with Gasteiger partial charge in [-0.15, -0.1) is 0 Å². The Balaban J connectivity index is 2.07. The number of nitrogens with one attached hydrogen (secondary N) is 1. The summed E-state index contributed by atoms with van der Waals surface area (Å²) >= 11 is 0. The number of hydrogen-bond donors (Lipinski definition) is 3. The zero-order valence-electron chi connectivity index (χ0n) is 11.0. The van der Waals surface area contributed by atoms with Gasteiger partial charge < -0.3 is 20.3 Å². The number of carboxylic acid groups (broad SMARTS) is 1. The van der Waals surface area contributed by atoms with E-state index >= 15 is 0 Å². The Hall–Kier alpha value is -2.69. The number of aromatic carboxylic acids is 1. The normalized spacial score (nSPS) is 10.1. The maximum Gasteiger partial charge on any atom is 0.335 e. The molecule has 2 rings (SSSR count). The van der Waals surface area contributed by atoms with Crippen LogP contribution in [0.4, 0.5) is 5.69 Å². The summed E-state index contributed by atoms with van der Waals surface area (Å²) in [5, 5.41) is 21.9. The van der Waals surface area contributed by atoms with Crippen LogP contribution in [-0.4, -0.2) is 23.3 Å². The molecule has 0 saturated heterocycles. The number of aromatic hydroxyl groups is 1. The van der Waals surface area contributed by atoms with Crippen LogP contribution in [0, 0.1) is 0 Å². The molecule has 0 spiro atoms. The van der Waals surface area contributed by atoms with Crippen molar-refractivity contribution in [1.29, 1.82) is 0 Å². The van der Waals surface area contributed by atoms with Crippen molar-refractivity contribution in [2.24, 2.45) is 0 Å². The summed E-state index contributed by atoms with van der Waals surface area (Å²) in [5.74, 6) is -0.433. The van der Waals surface area contributed by atoms with Gasteiger partial charge >= 0.3 is 5.97 Å². The number of carboxylic acids is 1. The van der Waals surface area contributed by atoms with E-state index in [4.69, 9.17) is 9.84 Å². The molecule has 104 valence electrons. The van der Waals surface area contributed by atoms with Gasteiger partial charge in [0.1, 0.15) is 0 Å². The van der Waals surface area contributed by atoms with Crippen LogP contribution in [0.3, 0.4) is 0 Å². The Kier molecular flexibility index (Phi) is 4.10.